The smallest absolute Gasteiger partial charge is 0.313 e. The van der Waals surface area contributed by atoms with Crippen molar-refractivity contribution in [3.05, 3.63) is 77.2 Å². The number of nitrogens with zero attached hydrogens (tertiary/aromatic N) is 2. The highest BCUT2D eigenvalue weighted by Crippen LogP contribution is 2.37. The molecule has 158 valence electrons. The summed E-state index contributed by atoms with van der Waals surface area (Å²) in [5.74, 6) is -7.67. The van der Waals surface area contributed by atoms with Crippen LogP contribution in [0.5, 0.6) is 17.4 Å². The molecule has 0 bridgehead atoms. The number of aliphatic carboxylic acids is 1. The van der Waals surface area contributed by atoms with Gasteiger partial charge in [-0.15, -0.1) is 11.8 Å². The third-order valence-corrected chi connectivity index (χ3v) is 4.86. The third kappa shape index (κ3) is 5.46. The number of aromatic nitrogens is 1. The van der Waals surface area contributed by atoms with E-state index in [4.69, 9.17) is 19.8 Å². The van der Waals surface area contributed by atoms with Crippen molar-refractivity contribution in [3.8, 4) is 23.4 Å². The van der Waals surface area contributed by atoms with Crippen molar-refractivity contribution in [1.29, 1.82) is 5.26 Å². The summed E-state index contributed by atoms with van der Waals surface area (Å²) in [5, 5.41) is 17.8. The molecule has 0 aliphatic carbocycles. The maximum absolute atomic E-state index is 14.7. The van der Waals surface area contributed by atoms with Crippen molar-refractivity contribution in [2.75, 3.05) is 5.75 Å². The predicted molar refractivity (Wildman–Crippen MR) is 104 cm³/mol. The van der Waals surface area contributed by atoms with Gasteiger partial charge in [0, 0.05) is 6.07 Å². The second kappa shape index (κ2) is 9.86. The van der Waals surface area contributed by atoms with E-state index in [2.05, 4.69) is 4.98 Å². The summed E-state index contributed by atoms with van der Waals surface area (Å²) in [4.78, 5) is 13.0. The van der Waals surface area contributed by atoms with Crippen LogP contribution in [0.1, 0.15) is 11.1 Å². The van der Waals surface area contributed by atoms with Crippen LogP contribution in [0.15, 0.2) is 53.4 Å². The van der Waals surface area contributed by atoms with Gasteiger partial charge in [0.25, 0.3) is 11.8 Å². The number of hydrogen-bond acceptors (Lipinski definition) is 6. The number of carboxylic acid groups (broad SMARTS) is 1. The number of nitriles is 1. The zero-order valence-electron chi connectivity index (χ0n) is 15.6. The molecule has 0 fully saturated rings. The van der Waals surface area contributed by atoms with E-state index in [1.165, 1.54) is 18.2 Å². The number of rotatable bonds is 8. The van der Waals surface area contributed by atoms with Crippen molar-refractivity contribution in [2.45, 2.75) is 11.5 Å². The highest BCUT2D eigenvalue weighted by atomic mass is 32.2. The van der Waals surface area contributed by atoms with Crippen LogP contribution in [0.4, 0.5) is 13.2 Å². The summed E-state index contributed by atoms with van der Waals surface area (Å²) in [6, 6.07) is 15.0. The van der Waals surface area contributed by atoms with Crippen LogP contribution < -0.4 is 9.47 Å². The molecule has 31 heavy (non-hydrogen) atoms. The molecule has 0 saturated carbocycles. The minimum atomic E-state index is -1.66. The molecule has 2 aromatic carbocycles. The number of thioether (sulfide) groups is 1. The molecule has 1 N–H and O–H groups in total. The van der Waals surface area contributed by atoms with E-state index in [1.807, 2.05) is 36.4 Å². The number of benzene rings is 2. The fraction of sp³-hybridized carbons (Fsp3) is 0.0952. The van der Waals surface area contributed by atoms with E-state index in [1.54, 1.807) is 0 Å². The quantitative estimate of drug-likeness (QED) is 0.388. The van der Waals surface area contributed by atoms with Gasteiger partial charge in [-0.05, 0) is 17.7 Å². The molecular formula is C21H13F3N2O4S. The second-order valence-corrected chi connectivity index (χ2v) is 6.98. The Morgan fingerprint density at radius 1 is 1.10 bits per heavy atom. The zero-order valence-corrected chi connectivity index (χ0v) is 16.5. The lowest BCUT2D eigenvalue weighted by atomic mass is 10.2. The molecule has 0 unspecified atom stereocenters. The molecule has 10 heteroatoms. The molecule has 0 saturated heterocycles. The summed E-state index contributed by atoms with van der Waals surface area (Å²) in [7, 11) is 0. The Morgan fingerprint density at radius 3 is 2.52 bits per heavy atom. The standard InChI is InChI=1S/C21H13F3N2O4S/c22-17-19(31-11-16(27)28)18(23)21(26-20(17)24)30-15-8-13(9-25)6-7-14(15)29-10-12-4-2-1-3-5-12/h1-8H,10-11H2,(H,27,28). The van der Waals surface area contributed by atoms with Gasteiger partial charge in [-0.1, -0.05) is 30.3 Å². The summed E-state index contributed by atoms with van der Waals surface area (Å²) >= 11 is 0.247. The number of ether oxygens (including phenoxy) is 2. The average Bonchev–Trinajstić information content (AvgIpc) is 2.77. The van der Waals surface area contributed by atoms with E-state index in [9.17, 15) is 18.0 Å². The SMILES string of the molecule is N#Cc1ccc(OCc2ccccc2)c(Oc2nc(F)c(F)c(SCC(=O)O)c2F)c1. The normalized spacial score (nSPS) is 10.4. The lowest BCUT2D eigenvalue weighted by Crippen LogP contribution is -2.05. The van der Waals surface area contributed by atoms with E-state index < -0.39 is 40.1 Å². The van der Waals surface area contributed by atoms with Crippen LogP contribution >= 0.6 is 11.8 Å². The van der Waals surface area contributed by atoms with E-state index in [0.29, 0.717) is 0 Å². The summed E-state index contributed by atoms with van der Waals surface area (Å²) < 4.78 is 53.5. The average molecular weight is 446 g/mol. The minimum Gasteiger partial charge on any atom is -0.485 e. The fourth-order valence-electron chi connectivity index (χ4n) is 2.42. The van der Waals surface area contributed by atoms with Gasteiger partial charge in [0.05, 0.1) is 22.3 Å². The van der Waals surface area contributed by atoms with Crippen LogP contribution in [0.2, 0.25) is 0 Å². The Labute approximate surface area is 178 Å². The topological polar surface area (TPSA) is 92.4 Å². The number of carbonyl (C=O) groups is 1. The minimum absolute atomic E-state index is 0.105. The van der Waals surface area contributed by atoms with Gasteiger partial charge >= 0.3 is 5.97 Å². The van der Waals surface area contributed by atoms with E-state index in [0.717, 1.165) is 5.56 Å². The molecule has 0 atom stereocenters. The Hall–Kier alpha value is -3.71. The molecule has 3 rings (SSSR count). The second-order valence-electron chi connectivity index (χ2n) is 6.00. The molecule has 1 aromatic heterocycles. The number of pyridine rings is 1. The Balaban J connectivity index is 1.94. The molecule has 0 spiro atoms. The lowest BCUT2D eigenvalue weighted by Gasteiger charge is -2.14. The molecular weight excluding hydrogens is 433 g/mol. The van der Waals surface area contributed by atoms with Crippen molar-refractivity contribution >= 4 is 17.7 Å². The lowest BCUT2D eigenvalue weighted by molar-refractivity contribution is -0.133. The van der Waals surface area contributed by atoms with Crippen LogP contribution in [0, 0.1) is 28.9 Å². The predicted octanol–water partition coefficient (Wildman–Crippen LogP) is 4.92. The molecule has 0 amide bonds. The monoisotopic (exact) mass is 446 g/mol. The summed E-state index contributed by atoms with van der Waals surface area (Å²) in [5.41, 5.74) is 0.966. The van der Waals surface area contributed by atoms with Crippen LogP contribution in [0.25, 0.3) is 0 Å². The van der Waals surface area contributed by atoms with Gasteiger partial charge in [0.1, 0.15) is 6.61 Å². The summed E-state index contributed by atoms with van der Waals surface area (Å²) in [6.07, 6.45) is 0. The highest BCUT2D eigenvalue weighted by Gasteiger charge is 2.24. The molecule has 0 aliphatic rings. The van der Waals surface area contributed by atoms with Gasteiger partial charge in [-0.3, -0.25) is 4.79 Å². The Kier molecular flexibility index (Phi) is 6.99. The molecule has 3 aromatic rings. The van der Waals surface area contributed by atoms with Crippen molar-refractivity contribution in [1.82, 2.24) is 4.98 Å². The van der Waals surface area contributed by atoms with Gasteiger partial charge in [0.2, 0.25) is 5.82 Å². The van der Waals surface area contributed by atoms with Gasteiger partial charge in [-0.25, -0.2) is 4.39 Å². The van der Waals surface area contributed by atoms with Crippen LogP contribution in [-0.4, -0.2) is 21.8 Å². The number of carboxylic acids is 1. The first-order valence-electron chi connectivity index (χ1n) is 8.67. The van der Waals surface area contributed by atoms with Crippen LogP contribution in [0.3, 0.4) is 0 Å². The van der Waals surface area contributed by atoms with Gasteiger partial charge in [0.15, 0.2) is 17.3 Å². The largest absolute Gasteiger partial charge is 0.485 e. The van der Waals surface area contributed by atoms with Crippen molar-refractivity contribution < 1.29 is 32.5 Å². The maximum Gasteiger partial charge on any atom is 0.313 e. The highest BCUT2D eigenvalue weighted by molar-refractivity contribution is 8.00. The Morgan fingerprint density at radius 2 is 1.84 bits per heavy atom. The number of hydrogen-bond donors (Lipinski definition) is 1. The van der Waals surface area contributed by atoms with Crippen molar-refractivity contribution in [3.63, 3.8) is 0 Å². The first kappa shape index (κ1) is 22.0. The fourth-order valence-corrected chi connectivity index (χ4v) is 3.11. The zero-order chi connectivity index (χ0) is 22.4. The molecule has 6 nitrogen and oxygen atoms in total. The van der Waals surface area contributed by atoms with E-state index >= 15 is 0 Å². The first-order chi connectivity index (χ1) is 14.9. The summed E-state index contributed by atoms with van der Waals surface area (Å²) in [6.45, 7) is 0.122. The number of halogens is 3. The first-order valence-corrected chi connectivity index (χ1v) is 9.65. The van der Waals surface area contributed by atoms with Crippen LogP contribution in [-0.2, 0) is 11.4 Å². The molecule has 0 radical (unpaired) electrons. The van der Waals surface area contributed by atoms with Crippen molar-refractivity contribution in [2.24, 2.45) is 0 Å². The third-order valence-electron chi connectivity index (χ3n) is 3.82. The molecule has 0 aliphatic heterocycles. The van der Waals surface area contributed by atoms with Gasteiger partial charge < -0.3 is 14.6 Å². The van der Waals surface area contributed by atoms with Gasteiger partial charge in [-0.2, -0.15) is 19.0 Å². The molecule has 1 heterocycles. The maximum atomic E-state index is 14.7. The Bertz CT molecular complexity index is 1150. The van der Waals surface area contributed by atoms with E-state index in [-0.39, 0.29) is 35.4 Å².